The first-order valence-electron chi connectivity index (χ1n) is 8.18. The van der Waals surface area contributed by atoms with E-state index in [-0.39, 0.29) is 11.9 Å². The van der Waals surface area contributed by atoms with E-state index >= 15 is 0 Å². The third-order valence-corrected chi connectivity index (χ3v) is 3.64. The monoisotopic (exact) mass is 394 g/mol. The Kier molecular flexibility index (Phi) is 8.72. The van der Waals surface area contributed by atoms with E-state index in [0.717, 1.165) is 30.5 Å². The minimum absolute atomic E-state index is 0.106. The van der Waals surface area contributed by atoms with Crippen molar-refractivity contribution in [2.45, 2.75) is 31.5 Å². The predicted octanol–water partition coefficient (Wildman–Crippen LogP) is -1.02. The quantitative estimate of drug-likeness (QED) is 0.273. The van der Waals surface area contributed by atoms with Crippen LogP contribution in [0.1, 0.15) is 34.5 Å². The number of aromatic nitrogens is 1. The van der Waals surface area contributed by atoms with Gasteiger partial charge in [-0.05, 0) is 37.0 Å². The van der Waals surface area contributed by atoms with Crippen LogP contribution in [0.2, 0.25) is 0 Å². The van der Waals surface area contributed by atoms with E-state index in [0.29, 0.717) is 5.56 Å². The molecule has 0 saturated heterocycles. The molecule has 2 unspecified atom stereocenters. The number of nitrogens with two attached hydrogens (primary N) is 1. The van der Waals surface area contributed by atoms with E-state index in [2.05, 4.69) is 21.4 Å². The molecule has 0 saturated carbocycles. The number of hydrogen-bond acceptors (Lipinski definition) is 7. The minimum Gasteiger partial charge on any atom is -0.479 e. The molecule has 2 rings (SSSR count). The number of aryl methyl sites for hydroxylation is 1. The molecule has 1 heterocycles. The van der Waals surface area contributed by atoms with Gasteiger partial charge in [0.05, 0.1) is 11.3 Å². The SMILES string of the molecule is CN=C(N)NC(=O)c1cnc2c(c1)CCCC=C2.O=C(O)C(O)C(O)C(=O)O. The van der Waals surface area contributed by atoms with Crippen molar-refractivity contribution in [2.24, 2.45) is 10.7 Å². The van der Waals surface area contributed by atoms with Gasteiger partial charge in [0.25, 0.3) is 5.91 Å². The summed E-state index contributed by atoms with van der Waals surface area (Å²) < 4.78 is 0. The fourth-order valence-electron chi connectivity index (χ4n) is 2.12. The Balaban J connectivity index is 0.000000336. The van der Waals surface area contributed by atoms with Crippen LogP contribution in [-0.4, -0.2) is 68.5 Å². The van der Waals surface area contributed by atoms with E-state index < -0.39 is 24.1 Å². The van der Waals surface area contributed by atoms with Crippen molar-refractivity contribution in [2.75, 3.05) is 7.05 Å². The summed E-state index contributed by atoms with van der Waals surface area (Å²) in [5, 5.41) is 35.0. The second kappa shape index (κ2) is 10.7. The Morgan fingerprint density at radius 2 is 1.82 bits per heavy atom. The molecule has 1 aromatic rings. The molecule has 152 valence electrons. The number of aliphatic hydroxyl groups excluding tert-OH is 2. The Morgan fingerprint density at radius 1 is 1.21 bits per heavy atom. The Bertz CT molecular complexity index is 774. The number of amides is 1. The van der Waals surface area contributed by atoms with Gasteiger partial charge in [0, 0.05) is 13.2 Å². The lowest BCUT2D eigenvalue weighted by Crippen LogP contribution is -2.39. The summed E-state index contributed by atoms with van der Waals surface area (Å²) in [4.78, 5) is 39.4. The van der Waals surface area contributed by atoms with Crippen LogP contribution >= 0.6 is 0 Å². The number of aliphatic hydroxyl groups is 2. The topological polar surface area (TPSA) is 195 Å². The maximum atomic E-state index is 11.9. The Labute approximate surface area is 160 Å². The highest BCUT2D eigenvalue weighted by molar-refractivity contribution is 6.05. The average molecular weight is 394 g/mol. The number of guanidine groups is 1. The molecule has 11 nitrogen and oxygen atoms in total. The third-order valence-electron chi connectivity index (χ3n) is 3.64. The van der Waals surface area contributed by atoms with E-state index in [4.69, 9.17) is 26.2 Å². The summed E-state index contributed by atoms with van der Waals surface area (Å²) in [6.45, 7) is 0. The molecule has 0 radical (unpaired) electrons. The molecule has 1 aliphatic rings. The first kappa shape index (κ1) is 22.7. The number of aliphatic carboxylic acids is 2. The van der Waals surface area contributed by atoms with Gasteiger partial charge in [0.2, 0.25) is 0 Å². The van der Waals surface area contributed by atoms with Gasteiger partial charge < -0.3 is 26.2 Å². The van der Waals surface area contributed by atoms with Crippen molar-refractivity contribution in [1.29, 1.82) is 0 Å². The number of pyridine rings is 1. The number of rotatable bonds is 4. The van der Waals surface area contributed by atoms with Gasteiger partial charge in [0.15, 0.2) is 18.2 Å². The van der Waals surface area contributed by atoms with E-state index in [1.54, 1.807) is 6.20 Å². The molecule has 0 spiro atoms. The average Bonchev–Trinajstić information content (AvgIpc) is 2.91. The van der Waals surface area contributed by atoms with Crippen molar-refractivity contribution in [3.05, 3.63) is 35.2 Å². The summed E-state index contributed by atoms with van der Waals surface area (Å²) in [6.07, 6.45) is 4.21. The van der Waals surface area contributed by atoms with Crippen molar-refractivity contribution in [1.82, 2.24) is 10.3 Å². The summed E-state index contributed by atoms with van der Waals surface area (Å²) in [7, 11) is 1.52. The van der Waals surface area contributed by atoms with E-state index in [9.17, 15) is 14.4 Å². The maximum Gasteiger partial charge on any atom is 0.335 e. The van der Waals surface area contributed by atoms with Crippen LogP contribution in [0, 0.1) is 0 Å². The first-order chi connectivity index (χ1) is 13.2. The van der Waals surface area contributed by atoms with Crippen LogP contribution in [0.3, 0.4) is 0 Å². The number of aliphatic imine (C=N–C) groups is 1. The molecule has 0 bridgehead atoms. The van der Waals surface area contributed by atoms with Gasteiger partial charge >= 0.3 is 11.9 Å². The third kappa shape index (κ3) is 6.78. The second-order valence-corrected chi connectivity index (χ2v) is 5.69. The zero-order valence-electron chi connectivity index (χ0n) is 15.1. The van der Waals surface area contributed by atoms with Gasteiger partial charge in [-0.3, -0.25) is 20.1 Å². The standard InChI is InChI=1S/C13H16N4O.C4H6O6/c1-15-13(14)17-12(18)10-7-9-5-3-2-4-6-11(9)16-8-10;5-1(3(7)8)2(6)4(9)10/h4,6-8H,2-3,5H2,1H3,(H3,14,15,17,18);1-2,5-6H,(H,7,8)(H,9,10). The summed E-state index contributed by atoms with van der Waals surface area (Å²) >= 11 is 0. The van der Waals surface area contributed by atoms with Crippen molar-refractivity contribution in [3.8, 4) is 0 Å². The molecule has 1 aliphatic carbocycles. The van der Waals surface area contributed by atoms with Gasteiger partial charge in [-0.15, -0.1) is 0 Å². The predicted molar refractivity (Wildman–Crippen MR) is 98.5 cm³/mol. The number of nitrogens with zero attached hydrogens (tertiary/aromatic N) is 2. The number of hydrogen-bond donors (Lipinski definition) is 6. The molecule has 2 atom stereocenters. The van der Waals surface area contributed by atoms with Gasteiger partial charge in [-0.2, -0.15) is 0 Å². The second-order valence-electron chi connectivity index (χ2n) is 5.69. The van der Waals surface area contributed by atoms with Crippen molar-refractivity contribution in [3.63, 3.8) is 0 Å². The zero-order valence-corrected chi connectivity index (χ0v) is 15.1. The molecular weight excluding hydrogens is 372 g/mol. The molecule has 11 heteroatoms. The molecular formula is C17H22N4O7. The largest absolute Gasteiger partial charge is 0.479 e. The highest BCUT2D eigenvalue weighted by Gasteiger charge is 2.29. The van der Waals surface area contributed by atoms with Crippen LogP contribution in [0.25, 0.3) is 6.08 Å². The normalized spacial score (nSPS) is 15.2. The molecule has 0 aliphatic heterocycles. The summed E-state index contributed by atoms with van der Waals surface area (Å²) in [5.74, 6) is -3.71. The van der Waals surface area contributed by atoms with Gasteiger partial charge in [0.1, 0.15) is 0 Å². The molecule has 1 amide bonds. The summed E-state index contributed by atoms with van der Waals surface area (Å²) in [5.41, 5.74) is 8.02. The lowest BCUT2D eigenvalue weighted by atomic mass is 10.1. The molecule has 28 heavy (non-hydrogen) atoms. The van der Waals surface area contributed by atoms with Crippen LogP contribution in [0.15, 0.2) is 23.3 Å². The highest BCUT2D eigenvalue weighted by Crippen LogP contribution is 2.17. The van der Waals surface area contributed by atoms with Gasteiger partial charge in [-0.1, -0.05) is 6.08 Å². The van der Waals surface area contributed by atoms with Crippen molar-refractivity contribution < 1.29 is 34.8 Å². The molecule has 7 N–H and O–H groups in total. The van der Waals surface area contributed by atoms with Gasteiger partial charge in [-0.25, -0.2) is 9.59 Å². The maximum absolute atomic E-state index is 11.9. The highest BCUT2D eigenvalue weighted by atomic mass is 16.4. The molecule has 0 fully saturated rings. The van der Waals surface area contributed by atoms with E-state index in [1.165, 1.54) is 7.05 Å². The Morgan fingerprint density at radius 3 is 2.36 bits per heavy atom. The first-order valence-corrected chi connectivity index (χ1v) is 8.18. The number of fused-ring (bicyclic) bond motifs is 1. The van der Waals surface area contributed by atoms with Crippen LogP contribution in [0.5, 0.6) is 0 Å². The van der Waals surface area contributed by atoms with Crippen molar-refractivity contribution >= 4 is 29.9 Å². The molecule has 1 aromatic heterocycles. The smallest absolute Gasteiger partial charge is 0.335 e. The minimum atomic E-state index is -2.27. The number of allylic oxidation sites excluding steroid dienone is 1. The number of carboxylic acids is 2. The lowest BCUT2D eigenvalue weighted by molar-refractivity contribution is -0.165. The summed E-state index contributed by atoms with van der Waals surface area (Å²) in [6, 6.07) is 1.87. The fourth-order valence-corrected chi connectivity index (χ4v) is 2.12. The van der Waals surface area contributed by atoms with Crippen LogP contribution in [0.4, 0.5) is 0 Å². The zero-order chi connectivity index (χ0) is 21.3. The number of nitrogens with one attached hydrogen (secondary N) is 1. The van der Waals surface area contributed by atoms with Crippen LogP contribution < -0.4 is 11.1 Å². The fraction of sp³-hybridized carbons (Fsp3) is 0.353. The molecule has 0 aromatic carbocycles. The van der Waals surface area contributed by atoms with E-state index in [1.807, 2.05) is 12.1 Å². The van der Waals surface area contributed by atoms with Crippen LogP contribution in [-0.2, 0) is 16.0 Å². The Hall–Kier alpha value is -3.31. The number of carboxylic acid groups (broad SMARTS) is 2. The lowest BCUT2D eigenvalue weighted by Gasteiger charge is -2.07. The number of carbonyl (C=O) groups is 3. The number of carbonyl (C=O) groups excluding carboxylic acids is 1.